The van der Waals surface area contributed by atoms with Crippen LogP contribution in [0.3, 0.4) is 0 Å². The van der Waals surface area contributed by atoms with E-state index in [9.17, 15) is 38.4 Å². The van der Waals surface area contributed by atoms with Gasteiger partial charge in [0.05, 0.1) is 6.04 Å². The maximum absolute atomic E-state index is 15.5. The summed E-state index contributed by atoms with van der Waals surface area (Å²) < 4.78 is 0. The number of H-pyrrole nitrogens is 1. The molecule has 19 N–H and O–H groups in total. The molecule has 1 aromatic heterocycles. The number of unbranched alkanes of at least 4 members (excludes halogenated alkanes) is 9. The molecule has 0 saturated carbocycles. The second-order valence-corrected chi connectivity index (χ2v) is 30.1. The fraction of sp³-hybridized carbons (Fsp3) is 0.575. The number of carbonyl (C=O) groups excluding carboxylic acids is 12. The number of aromatic amines is 1. The number of hydrazone groups is 1. The van der Waals surface area contributed by atoms with E-state index < -0.39 is 113 Å². The van der Waals surface area contributed by atoms with Gasteiger partial charge in [0.1, 0.15) is 61.1 Å². The third kappa shape index (κ3) is 31.9. The van der Waals surface area contributed by atoms with Crippen LogP contribution in [0.25, 0.3) is 10.9 Å². The van der Waals surface area contributed by atoms with Gasteiger partial charge in [-0.25, -0.2) is 0 Å². The highest BCUT2D eigenvalue weighted by Crippen LogP contribution is 2.24. The molecule has 2 fully saturated rings. The van der Waals surface area contributed by atoms with Crippen molar-refractivity contribution < 1.29 is 57.5 Å². The normalized spacial score (nSPS) is 15.9. The van der Waals surface area contributed by atoms with Gasteiger partial charge >= 0.3 is 0 Å². The molecule has 2 saturated heterocycles. The molecule has 0 spiro atoms. The lowest BCUT2D eigenvalue weighted by atomic mass is 10.00. The Morgan fingerprint density at radius 2 is 1.07 bits per heavy atom. The maximum atomic E-state index is 15.5. The number of thioether (sulfide) groups is 1. The molecule has 3 heterocycles. The largest absolute Gasteiger partial charge is 0.370 e. The minimum Gasteiger partial charge on any atom is -0.370 e. The number of nitrogens with two attached hydrogens (primary N) is 4. The molecule has 4 aromatic rings. The third-order valence-electron chi connectivity index (χ3n) is 19.9. The second-order valence-electron chi connectivity index (χ2n) is 29.1. The molecular weight excluding hydrogens is 1450 g/mol. The van der Waals surface area contributed by atoms with Gasteiger partial charge in [0.15, 0.2) is 5.96 Å². The molecule has 32 heteroatoms. The molecule has 0 unspecified atom stereocenters. The number of likely N-dealkylation sites (tertiary alicyclic amines) is 2. The SMILES string of the molecule is CCCCCCCCCCCC(=O)NCCCNC(=O)/C=N/NCC(=O)NCCCC[C@H](NC(=O)[C@H](Cc1ccccc1)NC(=O)[C@@H](Cc1c[nH]c2ccccc12)NC(=O)[C@H](CCCN=C(N)N)NC(=O)[C@@H](Cc1ccccc1)NC(=O)[C@@H]1CCCN1C(=O)[C@@H](N)CCSC)C(=O)N1CCC[C@H]1C(=O)N[C@H](C(N)=O)C(C)C. The van der Waals surface area contributed by atoms with E-state index in [0.29, 0.717) is 87.0 Å². The van der Waals surface area contributed by atoms with Gasteiger partial charge in [-0.2, -0.15) is 16.9 Å². The van der Waals surface area contributed by atoms with Crippen LogP contribution in [0.5, 0.6) is 0 Å². The first-order valence-corrected chi connectivity index (χ1v) is 41.1. The molecule has 0 radical (unpaired) electrons. The minimum atomic E-state index is -1.47. The van der Waals surface area contributed by atoms with Gasteiger partial charge < -0.3 is 91.0 Å². The molecule has 6 rings (SSSR count). The molecule has 12 amide bonds. The quantitative estimate of drug-likeness (QED) is 0.0131. The van der Waals surface area contributed by atoms with E-state index in [1.807, 2.05) is 30.5 Å². The summed E-state index contributed by atoms with van der Waals surface area (Å²) in [5, 5.41) is 30.1. The van der Waals surface area contributed by atoms with Crippen molar-refractivity contribution in [1.82, 2.24) is 68.1 Å². The van der Waals surface area contributed by atoms with Gasteiger partial charge in [0, 0.05) is 82.1 Å². The molecule has 0 bridgehead atoms. The summed E-state index contributed by atoms with van der Waals surface area (Å²) in [7, 11) is 0. The zero-order valence-electron chi connectivity index (χ0n) is 65.5. The monoisotopic (exact) mass is 1570 g/mol. The predicted molar refractivity (Wildman–Crippen MR) is 434 cm³/mol. The Kier molecular flexibility index (Phi) is 40.5. The van der Waals surface area contributed by atoms with E-state index in [0.717, 1.165) is 36.4 Å². The Bertz CT molecular complexity index is 3730. The van der Waals surface area contributed by atoms with E-state index in [-0.39, 0.29) is 101 Å². The topological polar surface area (TPSA) is 476 Å². The van der Waals surface area contributed by atoms with Gasteiger partial charge in [-0.1, -0.05) is 151 Å². The standard InChI is InChI=1S/C80H121N19O12S/c1-5-6-7-8-9-10-11-12-19-38-67(100)85-42-27-43-87-69(102)52-91-90-51-68(101)86-40-23-22-34-61(79(111)99-45-26-37-66(99)77(109)97-70(53(2)3)71(82)103)93-74(106)62(47-54-28-15-13-16-29-54)94-75(107)64(49-56-50-89-59-33-21-20-32-57(56)59)95-72(104)60(35-24-41-88-80(83)84)92-73(105)63(48-55-30-17-14-18-31-55)96-76(108)65-36-25-44-98(65)78(110)58(81)39-46-112-4/h13-18,20-21,28-33,50,52-53,58,60-66,70,89-90H,5-12,19,22-27,34-49,51,81H2,1-4H3,(H2,82,103)(H,85,100)(H,86,101)(H,87,102)(H,92,105)(H,93,106)(H,94,107)(H,95,104)(H,96,108)(H,97,109)(H4,83,84,88)/b91-52+/t58-,60-,61-,62-,63+,64+,65-,66-,70-/m0/s1. The van der Waals surface area contributed by atoms with E-state index in [2.05, 4.69) is 75.3 Å². The lowest BCUT2D eigenvalue weighted by molar-refractivity contribution is -0.142. The van der Waals surface area contributed by atoms with Gasteiger partial charge in [-0.05, 0) is 118 Å². The summed E-state index contributed by atoms with van der Waals surface area (Å²) in [6.45, 7) is 6.63. The first kappa shape index (κ1) is 90.8. The van der Waals surface area contributed by atoms with Crippen molar-refractivity contribution in [2.45, 2.75) is 229 Å². The van der Waals surface area contributed by atoms with Crippen molar-refractivity contribution in [3.8, 4) is 0 Å². The van der Waals surface area contributed by atoms with Crippen LogP contribution in [0.1, 0.15) is 172 Å². The average molecular weight is 1570 g/mol. The highest BCUT2D eigenvalue weighted by molar-refractivity contribution is 7.98. The zero-order valence-corrected chi connectivity index (χ0v) is 66.4. The summed E-state index contributed by atoms with van der Waals surface area (Å²) in [6, 6.07) is 14.2. The summed E-state index contributed by atoms with van der Waals surface area (Å²) in [4.78, 5) is 178. The molecule has 2 aliphatic rings. The molecule has 614 valence electrons. The number of hydrogen-bond acceptors (Lipinski definition) is 17. The molecule has 31 nitrogen and oxygen atoms in total. The maximum Gasteiger partial charge on any atom is 0.264 e. The molecule has 9 atom stereocenters. The van der Waals surface area contributed by atoms with Crippen molar-refractivity contribution in [2.75, 3.05) is 57.8 Å². The number of rotatable bonds is 52. The number of benzene rings is 3. The summed E-state index contributed by atoms with van der Waals surface area (Å²) >= 11 is 1.54. The number of hydrogen-bond donors (Lipinski definition) is 15. The van der Waals surface area contributed by atoms with Crippen LogP contribution in [-0.4, -0.2) is 210 Å². The van der Waals surface area contributed by atoms with E-state index in [4.69, 9.17) is 22.9 Å². The highest BCUT2D eigenvalue weighted by atomic mass is 32.2. The van der Waals surface area contributed by atoms with Crippen molar-refractivity contribution in [3.05, 3.63) is 108 Å². The number of carbonyl (C=O) groups is 12. The van der Waals surface area contributed by atoms with Crippen LogP contribution in [-0.2, 0) is 76.8 Å². The number of aromatic nitrogens is 1. The van der Waals surface area contributed by atoms with Crippen molar-refractivity contribution in [1.29, 1.82) is 0 Å². The summed E-state index contributed by atoms with van der Waals surface area (Å²) in [5.74, 6) is -7.10. The average Bonchev–Trinajstić information content (AvgIpc) is 1.68. The number of primary amides is 1. The number of guanidine groups is 1. The molecule has 0 aliphatic carbocycles. The van der Waals surface area contributed by atoms with Gasteiger partial charge in [-0.3, -0.25) is 62.5 Å². The van der Waals surface area contributed by atoms with Gasteiger partial charge in [-0.15, -0.1) is 0 Å². The number of amides is 12. The fourth-order valence-corrected chi connectivity index (χ4v) is 14.2. The van der Waals surface area contributed by atoms with Crippen LogP contribution in [0.2, 0.25) is 0 Å². The Morgan fingerprint density at radius 3 is 1.68 bits per heavy atom. The van der Waals surface area contributed by atoms with Crippen molar-refractivity contribution >= 4 is 106 Å². The van der Waals surface area contributed by atoms with E-state index >= 15 is 19.2 Å². The van der Waals surface area contributed by atoms with Crippen LogP contribution in [0, 0.1) is 5.92 Å². The van der Waals surface area contributed by atoms with Gasteiger partial charge in [0.25, 0.3) is 5.91 Å². The Labute approximate surface area is 662 Å². The van der Waals surface area contributed by atoms with E-state index in [1.165, 1.54) is 48.3 Å². The minimum absolute atomic E-state index is 0.0131. The fourth-order valence-electron chi connectivity index (χ4n) is 13.7. The lowest BCUT2D eigenvalue weighted by Gasteiger charge is -2.31. The molecule has 3 aromatic carbocycles. The zero-order chi connectivity index (χ0) is 81.2. The molecule has 2 aliphatic heterocycles. The Morgan fingerprint density at radius 1 is 0.554 bits per heavy atom. The third-order valence-corrected chi connectivity index (χ3v) is 20.5. The van der Waals surface area contributed by atoms with E-state index in [1.54, 1.807) is 92.5 Å². The number of para-hydroxylation sites is 1. The smallest absolute Gasteiger partial charge is 0.264 e. The molecular formula is C80H121N19O12S. The van der Waals surface area contributed by atoms with Crippen LogP contribution in [0.4, 0.5) is 0 Å². The number of fused-ring (bicyclic) bond motifs is 1. The number of aliphatic imine (C=N–C) groups is 1. The number of nitrogens with zero attached hydrogens (tertiary/aromatic N) is 4. The van der Waals surface area contributed by atoms with Crippen LogP contribution >= 0.6 is 11.8 Å². The Hall–Kier alpha value is -10.1. The first-order valence-electron chi connectivity index (χ1n) is 39.7. The highest BCUT2D eigenvalue weighted by Gasteiger charge is 2.42. The summed E-state index contributed by atoms with van der Waals surface area (Å²) in [6.07, 6.45) is 18.2. The molecule has 112 heavy (non-hydrogen) atoms. The number of nitrogens with one attached hydrogen (secondary N) is 11. The van der Waals surface area contributed by atoms with Crippen molar-refractivity contribution in [2.24, 2.45) is 38.9 Å². The predicted octanol–water partition coefficient (Wildman–Crippen LogP) is 2.77. The second kappa shape index (κ2) is 50.0. The summed E-state index contributed by atoms with van der Waals surface area (Å²) in [5.41, 5.74) is 28.6. The lowest BCUT2D eigenvalue weighted by Crippen LogP contribution is -2.61. The first-order chi connectivity index (χ1) is 54.0. The Balaban J connectivity index is 1.19. The van der Waals surface area contributed by atoms with Crippen LogP contribution < -0.4 is 76.2 Å². The van der Waals surface area contributed by atoms with Gasteiger partial charge in [0.2, 0.25) is 65.0 Å². The van der Waals surface area contributed by atoms with Crippen molar-refractivity contribution in [3.63, 3.8) is 0 Å². The van der Waals surface area contributed by atoms with Crippen LogP contribution in [0.15, 0.2) is 101 Å².